The first-order valence-electron chi connectivity index (χ1n) is 3.24. The standard InChI is InChI=1S/C6H11F2N/c1-2-9-4-3-6(7,8)5-9/h2-5H2,1H3. The van der Waals surface area contributed by atoms with Crippen LogP contribution in [0.3, 0.4) is 0 Å². The Morgan fingerprint density at radius 2 is 2.22 bits per heavy atom. The molecule has 54 valence electrons. The monoisotopic (exact) mass is 135 g/mol. The van der Waals surface area contributed by atoms with Gasteiger partial charge in [0.1, 0.15) is 0 Å². The molecule has 1 heterocycles. The van der Waals surface area contributed by atoms with Gasteiger partial charge in [0, 0.05) is 13.0 Å². The maximum atomic E-state index is 12.3. The van der Waals surface area contributed by atoms with Crippen molar-refractivity contribution in [3.05, 3.63) is 0 Å². The molecule has 0 unspecified atom stereocenters. The second-order valence-corrected chi connectivity index (χ2v) is 2.47. The number of nitrogens with zero attached hydrogens (tertiary/aromatic N) is 1. The Morgan fingerprint density at radius 3 is 2.44 bits per heavy atom. The van der Waals surface area contributed by atoms with Crippen molar-refractivity contribution < 1.29 is 8.78 Å². The highest BCUT2D eigenvalue weighted by Gasteiger charge is 2.36. The molecule has 0 saturated carbocycles. The maximum Gasteiger partial charge on any atom is 0.261 e. The Bertz CT molecular complexity index is 103. The third-order valence-corrected chi connectivity index (χ3v) is 1.70. The lowest BCUT2D eigenvalue weighted by Gasteiger charge is -2.11. The molecule has 0 atom stereocenters. The fraction of sp³-hybridized carbons (Fsp3) is 1.00. The Morgan fingerprint density at radius 1 is 1.56 bits per heavy atom. The number of likely N-dealkylation sites (tertiary alicyclic amines) is 1. The van der Waals surface area contributed by atoms with Crippen LogP contribution in [0.15, 0.2) is 0 Å². The molecule has 1 nitrogen and oxygen atoms in total. The number of rotatable bonds is 1. The van der Waals surface area contributed by atoms with Gasteiger partial charge in [-0.2, -0.15) is 0 Å². The van der Waals surface area contributed by atoms with E-state index in [0.29, 0.717) is 6.54 Å². The third kappa shape index (κ3) is 1.61. The first-order valence-corrected chi connectivity index (χ1v) is 3.24. The highest BCUT2D eigenvalue weighted by atomic mass is 19.3. The van der Waals surface area contributed by atoms with Gasteiger partial charge in [0.15, 0.2) is 0 Å². The molecule has 1 saturated heterocycles. The third-order valence-electron chi connectivity index (χ3n) is 1.70. The van der Waals surface area contributed by atoms with E-state index in [1.807, 2.05) is 6.92 Å². The van der Waals surface area contributed by atoms with Gasteiger partial charge in [-0.1, -0.05) is 6.92 Å². The normalized spacial score (nSPS) is 27.0. The average Bonchev–Trinajstić information content (AvgIpc) is 2.10. The predicted octanol–water partition coefficient (Wildman–Crippen LogP) is 1.35. The van der Waals surface area contributed by atoms with Gasteiger partial charge in [-0.15, -0.1) is 0 Å². The zero-order valence-corrected chi connectivity index (χ0v) is 5.53. The van der Waals surface area contributed by atoms with Gasteiger partial charge >= 0.3 is 0 Å². The van der Waals surface area contributed by atoms with Crippen LogP contribution in [-0.2, 0) is 0 Å². The highest BCUT2D eigenvalue weighted by Crippen LogP contribution is 2.25. The van der Waals surface area contributed by atoms with Crippen LogP contribution in [-0.4, -0.2) is 30.5 Å². The van der Waals surface area contributed by atoms with Gasteiger partial charge in [-0.25, -0.2) is 8.78 Å². The molecule has 0 amide bonds. The lowest BCUT2D eigenvalue weighted by Crippen LogP contribution is -2.24. The Labute approximate surface area is 53.6 Å². The van der Waals surface area contributed by atoms with Crippen molar-refractivity contribution >= 4 is 0 Å². The zero-order valence-electron chi connectivity index (χ0n) is 5.53. The van der Waals surface area contributed by atoms with Gasteiger partial charge in [0.2, 0.25) is 0 Å². The molecule has 0 bridgehead atoms. The Balaban J connectivity index is 2.38. The summed E-state index contributed by atoms with van der Waals surface area (Å²) in [7, 11) is 0. The Hall–Kier alpha value is -0.180. The second-order valence-electron chi connectivity index (χ2n) is 2.47. The van der Waals surface area contributed by atoms with Gasteiger partial charge < -0.3 is 0 Å². The van der Waals surface area contributed by atoms with Gasteiger partial charge in [0.25, 0.3) is 5.92 Å². The minimum Gasteiger partial charge on any atom is -0.298 e. The minimum absolute atomic E-state index is 0.0382. The van der Waals surface area contributed by atoms with E-state index in [1.165, 1.54) is 0 Å². The number of hydrogen-bond acceptors (Lipinski definition) is 1. The molecule has 1 fully saturated rings. The lowest BCUT2D eigenvalue weighted by atomic mass is 10.3. The van der Waals surface area contributed by atoms with Crippen LogP contribution >= 0.6 is 0 Å². The molecule has 0 aromatic carbocycles. The number of halogens is 2. The predicted molar refractivity (Wildman–Crippen MR) is 31.7 cm³/mol. The molecule has 0 aromatic heterocycles. The lowest BCUT2D eigenvalue weighted by molar-refractivity contribution is 0.0127. The van der Waals surface area contributed by atoms with E-state index in [4.69, 9.17) is 0 Å². The van der Waals surface area contributed by atoms with Crippen molar-refractivity contribution in [2.24, 2.45) is 0 Å². The van der Waals surface area contributed by atoms with E-state index < -0.39 is 5.92 Å². The summed E-state index contributed by atoms with van der Waals surface area (Å²) in [5.74, 6) is -2.41. The summed E-state index contributed by atoms with van der Waals surface area (Å²) in [6.07, 6.45) is 0.0425. The second kappa shape index (κ2) is 2.21. The number of alkyl halides is 2. The summed E-state index contributed by atoms with van der Waals surface area (Å²) in [4.78, 5) is 1.76. The summed E-state index contributed by atoms with van der Waals surface area (Å²) in [6, 6.07) is 0. The maximum absolute atomic E-state index is 12.3. The van der Waals surface area contributed by atoms with Crippen LogP contribution < -0.4 is 0 Å². The molecule has 1 aliphatic rings. The SMILES string of the molecule is CCN1CCC(F)(F)C1. The Kier molecular flexibility index (Phi) is 1.70. The van der Waals surface area contributed by atoms with E-state index >= 15 is 0 Å². The summed E-state index contributed by atoms with van der Waals surface area (Å²) in [5, 5.41) is 0. The quantitative estimate of drug-likeness (QED) is 0.524. The molecule has 1 aliphatic heterocycles. The van der Waals surface area contributed by atoms with Crippen LogP contribution in [0.1, 0.15) is 13.3 Å². The molecular weight excluding hydrogens is 124 g/mol. The van der Waals surface area contributed by atoms with Crippen molar-refractivity contribution in [2.75, 3.05) is 19.6 Å². The van der Waals surface area contributed by atoms with Gasteiger partial charge in [-0.05, 0) is 6.54 Å². The summed E-state index contributed by atoms with van der Waals surface area (Å²) < 4.78 is 24.7. The smallest absolute Gasteiger partial charge is 0.261 e. The van der Waals surface area contributed by atoms with Crippen LogP contribution in [0.5, 0.6) is 0 Å². The zero-order chi connectivity index (χ0) is 6.91. The summed E-state index contributed by atoms with van der Waals surface area (Å²) >= 11 is 0. The molecule has 3 heteroatoms. The van der Waals surface area contributed by atoms with Crippen molar-refractivity contribution in [1.82, 2.24) is 4.90 Å². The summed E-state index contributed by atoms with van der Waals surface area (Å²) in [6.45, 7) is 3.17. The van der Waals surface area contributed by atoms with E-state index in [2.05, 4.69) is 0 Å². The molecule has 0 spiro atoms. The van der Waals surface area contributed by atoms with Crippen molar-refractivity contribution in [2.45, 2.75) is 19.3 Å². The number of hydrogen-bond donors (Lipinski definition) is 0. The van der Waals surface area contributed by atoms with Crippen LogP contribution in [0.4, 0.5) is 8.78 Å². The van der Waals surface area contributed by atoms with Gasteiger partial charge in [0.05, 0.1) is 6.54 Å². The van der Waals surface area contributed by atoms with Crippen LogP contribution in [0.25, 0.3) is 0 Å². The topological polar surface area (TPSA) is 3.24 Å². The average molecular weight is 135 g/mol. The molecular formula is C6H11F2N. The molecule has 0 radical (unpaired) electrons. The van der Waals surface area contributed by atoms with E-state index in [1.54, 1.807) is 4.90 Å². The van der Waals surface area contributed by atoms with Crippen LogP contribution in [0.2, 0.25) is 0 Å². The molecule has 0 aliphatic carbocycles. The van der Waals surface area contributed by atoms with Crippen molar-refractivity contribution in [3.8, 4) is 0 Å². The first-order chi connectivity index (χ1) is 4.14. The summed E-state index contributed by atoms with van der Waals surface area (Å²) in [5.41, 5.74) is 0. The fourth-order valence-electron chi connectivity index (χ4n) is 1.08. The van der Waals surface area contributed by atoms with Gasteiger partial charge in [-0.3, -0.25) is 4.90 Å². The largest absolute Gasteiger partial charge is 0.298 e. The minimum atomic E-state index is -2.41. The van der Waals surface area contributed by atoms with Crippen LogP contribution in [0, 0.1) is 0 Å². The fourth-order valence-corrected chi connectivity index (χ4v) is 1.08. The van der Waals surface area contributed by atoms with E-state index in [-0.39, 0.29) is 13.0 Å². The highest BCUT2D eigenvalue weighted by molar-refractivity contribution is 4.80. The molecule has 9 heavy (non-hydrogen) atoms. The molecule has 0 aromatic rings. The van der Waals surface area contributed by atoms with E-state index in [0.717, 1.165) is 6.54 Å². The van der Waals surface area contributed by atoms with Crippen molar-refractivity contribution in [1.29, 1.82) is 0 Å². The molecule has 1 rings (SSSR count). The van der Waals surface area contributed by atoms with E-state index in [9.17, 15) is 8.78 Å². The van der Waals surface area contributed by atoms with Crippen molar-refractivity contribution in [3.63, 3.8) is 0 Å². The molecule has 0 N–H and O–H groups in total. The first kappa shape index (κ1) is 6.93.